The number of aromatic nitrogens is 4. The van der Waals surface area contributed by atoms with Gasteiger partial charge in [0.05, 0.1) is 6.54 Å². The molecule has 112 valence electrons. The van der Waals surface area contributed by atoms with Gasteiger partial charge in [-0.2, -0.15) is 0 Å². The van der Waals surface area contributed by atoms with Crippen molar-refractivity contribution in [2.75, 3.05) is 38.5 Å². The largest absolute Gasteiger partial charge is 0.336 e. The molecule has 1 fully saturated rings. The summed E-state index contributed by atoms with van der Waals surface area (Å²) in [6.45, 7) is 7.02. The van der Waals surface area contributed by atoms with Crippen LogP contribution < -0.4 is 10.6 Å². The van der Waals surface area contributed by atoms with E-state index in [2.05, 4.69) is 33.1 Å². The fourth-order valence-electron chi connectivity index (χ4n) is 1.90. The van der Waals surface area contributed by atoms with Gasteiger partial charge in [-0.3, -0.25) is 0 Å². The molecule has 9 heteroatoms. The van der Waals surface area contributed by atoms with Crippen LogP contribution in [0.3, 0.4) is 0 Å². The van der Waals surface area contributed by atoms with Crippen molar-refractivity contribution < 1.29 is 4.79 Å². The molecule has 1 aromatic heterocycles. The molecule has 2 amide bonds. The maximum absolute atomic E-state index is 11.4. The SMILES string of the molecule is CCCNCCn1nnnc1SCCN1CCNC1=O. The minimum absolute atomic E-state index is 0.0222. The molecule has 1 aliphatic rings. The number of nitrogens with one attached hydrogen (secondary N) is 2. The fourth-order valence-corrected chi connectivity index (χ4v) is 2.76. The molecule has 2 heterocycles. The summed E-state index contributed by atoms with van der Waals surface area (Å²) in [5, 5.41) is 18.6. The Labute approximate surface area is 122 Å². The lowest BCUT2D eigenvalue weighted by Gasteiger charge is -2.12. The molecule has 0 bridgehead atoms. The third kappa shape index (κ3) is 4.34. The third-order valence-corrected chi connectivity index (χ3v) is 3.90. The Balaban J connectivity index is 1.70. The Hall–Kier alpha value is -1.35. The van der Waals surface area contributed by atoms with Gasteiger partial charge in [-0.25, -0.2) is 9.48 Å². The molecule has 0 atom stereocenters. The molecule has 0 aromatic carbocycles. The van der Waals surface area contributed by atoms with Crippen LogP contribution in [0.4, 0.5) is 4.79 Å². The minimum atomic E-state index is 0.0222. The van der Waals surface area contributed by atoms with E-state index in [1.54, 1.807) is 16.4 Å². The molecule has 8 nitrogen and oxygen atoms in total. The van der Waals surface area contributed by atoms with E-state index in [9.17, 15) is 4.79 Å². The average Bonchev–Trinajstić information content (AvgIpc) is 3.05. The van der Waals surface area contributed by atoms with Gasteiger partial charge >= 0.3 is 6.03 Å². The Morgan fingerprint density at radius 2 is 2.30 bits per heavy atom. The first kappa shape index (κ1) is 15.0. The molecular formula is C11H21N7OS. The van der Waals surface area contributed by atoms with Crippen LogP contribution in [-0.2, 0) is 6.54 Å². The highest BCUT2D eigenvalue weighted by Gasteiger charge is 2.19. The van der Waals surface area contributed by atoms with Crippen LogP contribution in [0.2, 0.25) is 0 Å². The highest BCUT2D eigenvalue weighted by Crippen LogP contribution is 2.13. The molecule has 0 unspecified atom stereocenters. The van der Waals surface area contributed by atoms with Gasteiger partial charge in [0.25, 0.3) is 0 Å². The minimum Gasteiger partial charge on any atom is -0.336 e. The molecule has 20 heavy (non-hydrogen) atoms. The highest BCUT2D eigenvalue weighted by atomic mass is 32.2. The van der Waals surface area contributed by atoms with Crippen molar-refractivity contribution in [2.24, 2.45) is 0 Å². The average molecular weight is 299 g/mol. The summed E-state index contributed by atoms with van der Waals surface area (Å²) < 4.78 is 1.80. The van der Waals surface area contributed by atoms with E-state index in [0.29, 0.717) is 0 Å². The molecule has 2 rings (SSSR count). The molecule has 2 N–H and O–H groups in total. The van der Waals surface area contributed by atoms with Crippen molar-refractivity contribution in [3.8, 4) is 0 Å². The number of carbonyl (C=O) groups excluding carboxylic acids is 1. The quantitative estimate of drug-likeness (QED) is 0.484. The van der Waals surface area contributed by atoms with Crippen LogP contribution in [0.15, 0.2) is 5.16 Å². The van der Waals surface area contributed by atoms with E-state index in [-0.39, 0.29) is 6.03 Å². The van der Waals surface area contributed by atoms with Gasteiger partial charge in [-0.05, 0) is 23.4 Å². The summed E-state index contributed by atoms with van der Waals surface area (Å²) in [7, 11) is 0. The van der Waals surface area contributed by atoms with E-state index in [0.717, 1.165) is 56.6 Å². The lowest BCUT2D eigenvalue weighted by atomic mass is 10.5. The van der Waals surface area contributed by atoms with Gasteiger partial charge in [0.2, 0.25) is 5.16 Å². The Morgan fingerprint density at radius 1 is 1.40 bits per heavy atom. The summed E-state index contributed by atoms with van der Waals surface area (Å²) >= 11 is 1.58. The number of urea groups is 1. The predicted molar refractivity (Wildman–Crippen MR) is 76.7 cm³/mol. The first-order chi connectivity index (χ1) is 9.81. The normalized spacial score (nSPS) is 14.8. The predicted octanol–water partition coefficient (Wildman–Crippen LogP) is -0.210. The Bertz CT molecular complexity index is 425. The molecule has 1 aromatic rings. The Kier molecular flexibility index (Phi) is 6.06. The second-order valence-corrected chi connectivity index (χ2v) is 5.56. The maximum atomic E-state index is 11.4. The van der Waals surface area contributed by atoms with Gasteiger partial charge in [-0.1, -0.05) is 18.7 Å². The lowest BCUT2D eigenvalue weighted by Crippen LogP contribution is -2.30. The van der Waals surface area contributed by atoms with Crippen LogP contribution >= 0.6 is 11.8 Å². The Morgan fingerprint density at radius 3 is 3.05 bits per heavy atom. The summed E-state index contributed by atoms with van der Waals surface area (Å²) in [5.74, 6) is 0.802. The summed E-state index contributed by atoms with van der Waals surface area (Å²) in [5.41, 5.74) is 0. The maximum Gasteiger partial charge on any atom is 0.317 e. The molecule has 0 aliphatic carbocycles. The monoisotopic (exact) mass is 299 g/mol. The number of rotatable bonds is 9. The zero-order chi connectivity index (χ0) is 14.2. The van der Waals surface area contributed by atoms with Crippen molar-refractivity contribution in [3.63, 3.8) is 0 Å². The standard InChI is InChI=1S/C11H21N7OS/c1-2-3-12-4-7-18-11(14-15-16-18)20-9-8-17-6-5-13-10(17)19/h12H,2-9H2,1H3,(H,13,19). The molecule has 0 spiro atoms. The number of thioether (sulfide) groups is 1. The van der Waals surface area contributed by atoms with Crippen molar-refractivity contribution in [1.29, 1.82) is 0 Å². The molecular weight excluding hydrogens is 278 g/mol. The molecule has 0 radical (unpaired) electrons. The number of carbonyl (C=O) groups is 1. The first-order valence-electron chi connectivity index (χ1n) is 6.93. The van der Waals surface area contributed by atoms with E-state index in [4.69, 9.17) is 0 Å². The molecule has 1 saturated heterocycles. The number of hydrogen-bond donors (Lipinski definition) is 2. The van der Waals surface area contributed by atoms with Gasteiger partial charge < -0.3 is 15.5 Å². The third-order valence-electron chi connectivity index (χ3n) is 2.96. The summed E-state index contributed by atoms with van der Waals surface area (Å²) in [4.78, 5) is 13.2. The van der Waals surface area contributed by atoms with Crippen LogP contribution in [0.25, 0.3) is 0 Å². The lowest BCUT2D eigenvalue weighted by molar-refractivity contribution is 0.220. The fraction of sp³-hybridized carbons (Fsp3) is 0.818. The zero-order valence-corrected chi connectivity index (χ0v) is 12.5. The van der Waals surface area contributed by atoms with Gasteiger partial charge in [0.15, 0.2) is 0 Å². The van der Waals surface area contributed by atoms with Gasteiger partial charge in [0.1, 0.15) is 0 Å². The topological polar surface area (TPSA) is 88.0 Å². The van der Waals surface area contributed by atoms with Crippen LogP contribution in [0, 0.1) is 0 Å². The molecule has 0 saturated carbocycles. The van der Waals surface area contributed by atoms with Crippen LogP contribution in [0.1, 0.15) is 13.3 Å². The van der Waals surface area contributed by atoms with Gasteiger partial charge in [0, 0.05) is 31.9 Å². The highest BCUT2D eigenvalue weighted by molar-refractivity contribution is 7.99. The number of nitrogens with zero attached hydrogens (tertiary/aromatic N) is 5. The number of amides is 2. The second kappa shape index (κ2) is 8.05. The van der Waals surface area contributed by atoms with Crippen LogP contribution in [-0.4, -0.2) is 69.6 Å². The van der Waals surface area contributed by atoms with Crippen molar-refractivity contribution in [1.82, 2.24) is 35.7 Å². The van der Waals surface area contributed by atoms with Gasteiger partial charge in [-0.15, -0.1) is 5.10 Å². The van der Waals surface area contributed by atoms with Crippen molar-refractivity contribution >= 4 is 17.8 Å². The van der Waals surface area contributed by atoms with Crippen LogP contribution in [0.5, 0.6) is 0 Å². The van der Waals surface area contributed by atoms with Crippen molar-refractivity contribution in [3.05, 3.63) is 0 Å². The number of tetrazole rings is 1. The summed E-state index contributed by atoms with van der Waals surface area (Å²) in [6, 6.07) is 0.0222. The van der Waals surface area contributed by atoms with E-state index < -0.39 is 0 Å². The second-order valence-electron chi connectivity index (χ2n) is 4.50. The first-order valence-corrected chi connectivity index (χ1v) is 7.92. The zero-order valence-electron chi connectivity index (χ0n) is 11.7. The van der Waals surface area contributed by atoms with E-state index >= 15 is 0 Å². The van der Waals surface area contributed by atoms with E-state index in [1.165, 1.54) is 0 Å². The molecule has 1 aliphatic heterocycles. The number of hydrogen-bond acceptors (Lipinski definition) is 6. The van der Waals surface area contributed by atoms with E-state index in [1.807, 2.05) is 4.90 Å². The van der Waals surface area contributed by atoms with Crippen molar-refractivity contribution in [2.45, 2.75) is 25.0 Å². The summed E-state index contributed by atoms with van der Waals surface area (Å²) in [6.07, 6.45) is 1.12. The smallest absolute Gasteiger partial charge is 0.317 e.